The van der Waals surface area contributed by atoms with Gasteiger partial charge >= 0.3 is 57.4 Å². The average Bonchev–Trinajstić information content (AvgIpc) is 3.24. The molecule has 1 amide bonds. The maximum absolute atomic E-state index is 12.2. The van der Waals surface area contributed by atoms with Crippen LogP contribution in [0.4, 0.5) is 5.69 Å². The summed E-state index contributed by atoms with van der Waals surface area (Å²) in [4.78, 5) is 23.5. The number of carboxylic acids is 1. The number of nitrogens with one attached hydrogen (secondary N) is 1. The first-order valence-electron chi connectivity index (χ1n) is 8.55. The summed E-state index contributed by atoms with van der Waals surface area (Å²) in [5, 5.41) is 25.4. The molecule has 0 saturated carbocycles. The van der Waals surface area contributed by atoms with E-state index < -0.39 is 5.97 Å². The van der Waals surface area contributed by atoms with Crippen molar-refractivity contribution >= 4 is 80.5 Å². The number of aromatic nitrogens is 2. The molecule has 3 N–H and O–H groups in total. The number of anilines is 1. The van der Waals surface area contributed by atoms with Crippen molar-refractivity contribution in [1.29, 1.82) is 0 Å². The van der Waals surface area contributed by atoms with Crippen LogP contribution in [0.25, 0.3) is 11.3 Å². The Balaban J connectivity index is 0.00000300. The van der Waals surface area contributed by atoms with Crippen LogP contribution in [0.5, 0.6) is 5.75 Å². The van der Waals surface area contributed by atoms with Crippen molar-refractivity contribution in [1.82, 2.24) is 9.72 Å². The molecule has 0 aliphatic carbocycles. The van der Waals surface area contributed by atoms with Crippen molar-refractivity contribution in [2.45, 2.75) is 26.3 Å². The first kappa shape index (κ1) is 23.7. The molecule has 0 radical (unpaired) electrons. The summed E-state index contributed by atoms with van der Waals surface area (Å²) in [5.41, 5.74) is 1.35. The van der Waals surface area contributed by atoms with E-state index in [1.54, 1.807) is 22.9 Å². The third-order valence-corrected chi connectivity index (χ3v) is 4.56. The van der Waals surface area contributed by atoms with Crippen LogP contribution in [0.3, 0.4) is 0 Å². The zero-order valence-corrected chi connectivity index (χ0v) is 15.7. The summed E-state index contributed by atoms with van der Waals surface area (Å²) in [6.45, 7) is 2.46. The second kappa shape index (κ2) is 10.4. The van der Waals surface area contributed by atoms with Crippen LogP contribution >= 0.6 is 11.6 Å². The van der Waals surface area contributed by atoms with E-state index in [1.165, 1.54) is 18.3 Å². The average molecular weight is 444 g/mol. The second-order valence-electron chi connectivity index (χ2n) is 6.09. The van der Waals surface area contributed by atoms with E-state index >= 15 is 0 Å². The third-order valence-electron chi connectivity index (χ3n) is 4.17. The zero-order valence-electron chi connectivity index (χ0n) is 15.0. The molecule has 0 fully saturated rings. The number of carboxylic acid groups (broad SMARTS) is 1. The number of aryl methyl sites for hydroxylation is 2. The molecule has 10 heteroatoms. The van der Waals surface area contributed by atoms with Gasteiger partial charge in [-0.15, -0.1) is 0 Å². The number of halogens is 1. The minimum atomic E-state index is -1.11. The molecule has 0 saturated heterocycles. The van der Waals surface area contributed by atoms with Gasteiger partial charge in [-0.3, -0.25) is 4.79 Å². The van der Waals surface area contributed by atoms with Gasteiger partial charge in [0.05, 0.1) is 5.69 Å². The Morgan fingerprint density at radius 2 is 1.93 bits per heavy atom. The third kappa shape index (κ3) is 5.71. The number of amides is 1. The molecule has 0 bridgehead atoms. The van der Waals surface area contributed by atoms with E-state index in [0.717, 1.165) is 0 Å². The maximum atomic E-state index is 12.2. The van der Waals surface area contributed by atoms with Crippen molar-refractivity contribution in [3.8, 4) is 17.1 Å². The molecular formula is C19H19ClKN3O5. The minimum absolute atomic E-state index is 0. The van der Waals surface area contributed by atoms with Gasteiger partial charge in [-0.2, -0.15) is 0 Å². The molecule has 0 atom stereocenters. The molecule has 148 valence electrons. The summed E-state index contributed by atoms with van der Waals surface area (Å²) in [7, 11) is 0. The SMILES string of the molecule is CCn1cc(NC(=O)CCc2noc(-c3ccc(O)cc3)c2Cl)c(C(=O)O)c1.[KH]. The molecule has 2 heterocycles. The molecule has 1 aromatic carbocycles. The van der Waals surface area contributed by atoms with Crippen LogP contribution in [0.1, 0.15) is 29.4 Å². The van der Waals surface area contributed by atoms with Crippen LogP contribution < -0.4 is 5.32 Å². The fourth-order valence-corrected chi connectivity index (χ4v) is 2.94. The summed E-state index contributed by atoms with van der Waals surface area (Å²) >= 11 is 6.30. The van der Waals surface area contributed by atoms with E-state index in [-0.39, 0.29) is 87.1 Å². The Morgan fingerprint density at radius 1 is 1.24 bits per heavy atom. The van der Waals surface area contributed by atoms with Crippen LogP contribution in [-0.4, -0.2) is 83.2 Å². The standard InChI is InChI=1S/C19H18ClN3O5.K.H/c1-2-23-9-13(19(26)27)15(10-23)21-16(25)8-7-14-17(20)18(28-22-14)11-3-5-12(24)6-4-11;;/h3-6,9-10,24H,2,7-8H2,1H3,(H,21,25)(H,26,27);;. The van der Waals surface area contributed by atoms with Crippen molar-refractivity contribution in [3.05, 3.63) is 52.9 Å². The monoisotopic (exact) mass is 443 g/mol. The van der Waals surface area contributed by atoms with E-state index in [4.69, 9.17) is 16.1 Å². The van der Waals surface area contributed by atoms with Gasteiger partial charge in [0, 0.05) is 37.3 Å². The summed E-state index contributed by atoms with van der Waals surface area (Å²) in [5.74, 6) is -0.999. The summed E-state index contributed by atoms with van der Waals surface area (Å²) < 4.78 is 6.94. The summed E-state index contributed by atoms with van der Waals surface area (Å²) in [6, 6.07) is 6.29. The molecule has 3 rings (SSSR count). The molecular weight excluding hydrogens is 425 g/mol. The van der Waals surface area contributed by atoms with E-state index in [0.29, 0.717) is 28.6 Å². The van der Waals surface area contributed by atoms with Crippen LogP contribution in [-0.2, 0) is 17.8 Å². The number of nitrogens with zero attached hydrogens (tertiary/aromatic N) is 2. The number of hydrogen-bond donors (Lipinski definition) is 3. The number of hydrogen-bond acceptors (Lipinski definition) is 5. The Morgan fingerprint density at radius 3 is 2.55 bits per heavy atom. The van der Waals surface area contributed by atoms with Gasteiger partial charge in [-0.1, -0.05) is 16.8 Å². The predicted octanol–water partition coefficient (Wildman–Crippen LogP) is 3.14. The Labute approximate surface area is 214 Å². The molecule has 0 aliphatic rings. The Kier molecular flexibility index (Phi) is 8.50. The van der Waals surface area contributed by atoms with Gasteiger partial charge in [0.1, 0.15) is 22.0 Å². The summed E-state index contributed by atoms with van der Waals surface area (Å²) in [6.07, 6.45) is 3.32. The number of rotatable bonds is 7. The molecule has 0 unspecified atom stereocenters. The van der Waals surface area contributed by atoms with E-state index in [9.17, 15) is 19.8 Å². The fraction of sp³-hybridized carbons (Fsp3) is 0.211. The van der Waals surface area contributed by atoms with Gasteiger partial charge in [0.25, 0.3) is 0 Å². The van der Waals surface area contributed by atoms with Gasteiger partial charge in [-0.25, -0.2) is 4.79 Å². The predicted molar refractivity (Wildman–Crippen MR) is 110 cm³/mol. The molecule has 0 spiro atoms. The number of carbonyl (C=O) groups excluding carboxylic acids is 1. The molecule has 3 aromatic rings. The van der Waals surface area contributed by atoms with Gasteiger partial charge < -0.3 is 24.6 Å². The molecule has 0 aliphatic heterocycles. The van der Waals surface area contributed by atoms with Crippen molar-refractivity contribution < 1.29 is 24.3 Å². The van der Waals surface area contributed by atoms with Crippen LogP contribution in [0.2, 0.25) is 5.02 Å². The van der Waals surface area contributed by atoms with Crippen LogP contribution in [0, 0.1) is 0 Å². The zero-order chi connectivity index (χ0) is 20.3. The molecule has 8 nitrogen and oxygen atoms in total. The van der Waals surface area contributed by atoms with Crippen molar-refractivity contribution in [2.24, 2.45) is 0 Å². The van der Waals surface area contributed by atoms with Crippen LogP contribution in [0.15, 0.2) is 41.2 Å². The fourth-order valence-electron chi connectivity index (χ4n) is 2.66. The number of phenolic OH excluding ortho intramolecular Hbond substituents is 1. The van der Waals surface area contributed by atoms with Gasteiger partial charge in [-0.05, 0) is 31.2 Å². The first-order chi connectivity index (χ1) is 13.4. The van der Waals surface area contributed by atoms with Crippen molar-refractivity contribution in [2.75, 3.05) is 5.32 Å². The number of aromatic hydroxyl groups is 1. The molecule has 29 heavy (non-hydrogen) atoms. The second-order valence-corrected chi connectivity index (χ2v) is 6.47. The number of carbonyl (C=O) groups is 2. The van der Waals surface area contributed by atoms with Gasteiger partial charge in [0.2, 0.25) is 5.91 Å². The van der Waals surface area contributed by atoms with E-state index in [2.05, 4.69) is 10.5 Å². The first-order valence-corrected chi connectivity index (χ1v) is 8.93. The molecule has 2 aromatic heterocycles. The Hall–Kier alpha value is -1.62. The quantitative estimate of drug-likeness (QED) is 0.483. The number of aromatic carboxylic acids is 1. The van der Waals surface area contributed by atoms with Gasteiger partial charge in [0.15, 0.2) is 5.76 Å². The number of phenols is 1. The number of benzene rings is 1. The Bertz CT molecular complexity index is 1010. The van der Waals surface area contributed by atoms with Crippen molar-refractivity contribution in [3.63, 3.8) is 0 Å². The van der Waals surface area contributed by atoms with E-state index in [1.807, 2.05) is 6.92 Å². The normalized spacial score (nSPS) is 10.4. The topological polar surface area (TPSA) is 118 Å².